The number of carbonyl (C=O) groups excluding carboxylic acids is 1. The second kappa shape index (κ2) is 2.38. The van der Waals surface area contributed by atoms with Gasteiger partial charge in [-0.15, -0.1) is 0 Å². The molecule has 3 atom stereocenters. The number of rotatable bonds is 1. The summed E-state index contributed by atoms with van der Waals surface area (Å²) in [6, 6.07) is -0.234. The third-order valence-corrected chi connectivity index (χ3v) is 3.63. The van der Waals surface area contributed by atoms with E-state index in [2.05, 4.69) is 19.2 Å². The summed E-state index contributed by atoms with van der Waals surface area (Å²) < 4.78 is 0.439. The van der Waals surface area contributed by atoms with E-state index >= 15 is 0 Å². The first kappa shape index (κ1) is 8.81. The predicted molar refractivity (Wildman–Crippen MR) is 47.1 cm³/mol. The SMILES string of the molecule is C[N+](=O)C(=O)[C@H]1NC[C@H]2[C@@H]1C2(C)C. The number of amides is 1. The number of nitrogens with zero attached hydrogens (tertiary/aromatic N) is 1. The Balaban J connectivity index is 2.12. The standard InChI is InChI=1S/C9H15N2O2/c1-9(2)5-4-10-7(6(5)9)8(12)11(3)13/h5-7,10H,4H2,1-3H3/q+1/t5-,6-,7-/m0/s1. The van der Waals surface area contributed by atoms with Crippen LogP contribution in [0.3, 0.4) is 0 Å². The normalized spacial score (nSPS) is 39.8. The number of nitrogens with one attached hydrogen (secondary N) is 1. The fourth-order valence-corrected chi connectivity index (χ4v) is 2.66. The third-order valence-electron chi connectivity index (χ3n) is 3.63. The van der Waals surface area contributed by atoms with E-state index in [1.54, 1.807) is 0 Å². The summed E-state index contributed by atoms with van der Waals surface area (Å²) in [6.45, 7) is 5.20. The molecule has 2 aliphatic rings. The van der Waals surface area contributed by atoms with E-state index in [-0.39, 0.29) is 17.4 Å². The first-order valence-corrected chi connectivity index (χ1v) is 4.64. The molecule has 1 aliphatic heterocycles. The lowest BCUT2D eigenvalue weighted by atomic mass is 10.0. The molecule has 0 aromatic heterocycles. The number of hydrogen-bond donors (Lipinski definition) is 1. The molecular weight excluding hydrogens is 168 g/mol. The number of nitroso groups, excluding NO2 is 1. The van der Waals surface area contributed by atoms with Crippen molar-refractivity contribution >= 4 is 5.91 Å². The van der Waals surface area contributed by atoms with Gasteiger partial charge in [-0.1, -0.05) is 13.8 Å². The Morgan fingerprint density at radius 3 is 2.54 bits per heavy atom. The third kappa shape index (κ3) is 1.05. The molecule has 2 rings (SSSR count). The number of likely N-dealkylation sites (N-methyl/N-ethyl adjacent to an activating group) is 1. The minimum atomic E-state index is -0.321. The Labute approximate surface area is 77.3 Å². The van der Waals surface area contributed by atoms with Gasteiger partial charge in [-0.2, -0.15) is 0 Å². The Morgan fingerprint density at radius 2 is 2.15 bits per heavy atom. The van der Waals surface area contributed by atoms with Crippen molar-refractivity contribution in [1.29, 1.82) is 0 Å². The summed E-state index contributed by atoms with van der Waals surface area (Å²) >= 11 is 0. The molecule has 1 amide bonds. The fourth-order valence-electron chi connectivity index (χ4n) is 2.66. The van der Waals surface area contributed by atoms with Crippen LogP contribution in [0.2, 0.25) is 0 Å². The van der Waals surface area contributed by atoms with Gasteiger partial charge < -0.3 is 5.32 Å². The Morgan fingerprint density at radius 1 is 1.54 bits per heavy atom. The zero-order valence-corrected chi connectivity index (χ0v) is 8.20. The van der Waals surface area contributed by atoms with E-state index in [0.717, 1.165) is 6.54 Å². The van der Waals surface area contributed by atoms with Crippen LogP contribution < -0.4 is 5.32 Å². The molecular formula is C9H15N2O2+. The van der Waals surface area contributed by atoms with Crippen molar-refractivity contribution in [3.63, 3.8) is 0 Å². The second-order valence-corrected chi connectivity index (χ2v) is 4.68. The molecule has 0 bridgehead atoms. The molecule has 0 radical (unpaired) electrons. The quantitative estimate of drug-likeness (QED) is 0.589. The predicted octanol–water partition coefficient (Wildman–Crippen LogP) is 0.166. The van der Waals surface area contributed by atoms with Crippen molar-refractivity contribution in [2.24, 2.45) is 17.3 Å². The molecule has 1 N–H and O–H groups in total. The van der Waals surface area contributed by atoms with Gasteiger partial charge in [-0.25, -0.2) is 4.79 Å². The molecule has 0 aromatic carbocycles. The Kier molecular flexibility index (Phi) is 1.61. The van der Waals surface area contributed by atoms with Crippen LogP contribution in [0.15, 0.2) is 0 Å². The van der Waals surface area contributed by atoms with Crippen molar-refractivity contribution in [3.8, 4) is 0 Å². The minimum absolute atomic E-state index is 0.234. The van der Waals surface area contributed by atoms with Crippen LogP contribution in [0.25, 0.3) is 0 Å². The maximum atomic E-state index is 11.4. The average molecular weight is 183 g/mol. The number of hydrogen-bond acceptors (Lipinski definition) is 3. The fraction of sp³-hybridized carbons (Fsp3) is 0.889. The molecule has 0 aromatic rings. The molecule has 0 spiro atoms. The van der Waals surface area contributed by atoms with E-state index in [1.807, 2.05) is 0 Å². The molecule has 4 nitrogen and oxygen atoms in total. The van der Waals surface area contributed by atoms with Crippen LogP contribution in [-0.4, -0.2) is 30.3 Å². The smallest absolute Gasteiger partial charge is 0.301 e. The zero-order chi connectivity index (χ0) is 9.80. The zero-order valence-electron chi connectivity index (χ0n) is 8.20. The van der Waals surface area contributed by atoms with Gasteiger partial charge in [0.1, 0.15) is 6.04 Å². The van der Waals surface area contributed by atoms with E-state index < -0.39 is 0 Å². The molecule has 1 saturated carbocycles. The van der Waals surface area contributed by atoms with Gasteiger partial charge in [0.05, 0.1) is 4.76 Å². The summed E-state index contributed by atoms with van der Waals surface area (Å²) in [5, 5.41) is 3.10. The summed E-state index contributed by atoms with van der Waals surface area (Å²) in [7, 11) is 1.27. The summed E-state index contributed by atoms with van der Waals surface area (Å²) in [5.74, 6) is 0.635. The topological polar surface area (TPSA) is 49.2 Å². The van der Waals surface area contributed by atoms with Gasteiger partial charge in [0.25, 0.3) is 0 Å². The van der Waals surface area contributed by atoms with Gasteiger partial charge in [-0.3, -0.25) is 0 Å². The summed E-state index contributed by atoms with van der Waals surface area (Å²) in [5.41, 5.74) is 0.252. The van der Waals surface area contributed by atoms with Crippen LogP contribution in [-0.2, 0) is 4.79 Å². The second-order valence-electron chi connectivity index (χ2n) is 4.68. The van der Waals surface area contributed by atoms with Crippen LogP contribution in [0.4, 0.5) is 0 Å². The number of fused-ring (bicyclic) bond motifs is 1. The Hall–Kier alpha value is -0.770. The van der Waals surface area contributed by atoms with Crippen molar-refractivity contribution in [1.82, 2.24) is 5.32 Å². The highest BCUT2D eigenvalue weighted by atomic mass is 16.3. The molecule has 1 saturated heterocycles. The highest BCUT2D eigenvalue weighted by Gasteiger charge is 2.67. The van der Waals surface area contributed by atoms with Gasteiger partial charge >= 0.3 is 5.91 Å². The van der Waals surface area contributed by atoms with Crippen molar-refractivity contribution in [3.05, 3.63) is 4.91 Å². The lowest BCUT2D eigenvalue weighted by Gasteiger charge is -2.12. The van der Waals surface area contributed by atoms with Gasteiger partial charge in [0, 0.05) is 4.91 Å². The lowest BCUT2D eigenvalue weighted by Crippen LogP contribution is -2.41. The van der Waals surface area contributed by atoms with Gasteiger partial charge in [0.2, 0.25) is 0 Å². The van der Waals surface area contributed by atoms with Crippen molar-refractivity contribution in [2.75, 3.05) is 13.6 Å². The summed E-state index contributed by atoms with van der Waals surface area (Å²) in [4.78, 5) is 22.3. The monoisotopic (exact) mass is 183 g/mol. The average Bonchev–Trinajstić information content (AvgIpc) is 2.50. The van der Waals surface area contributed by atoms with Crippen molar-refractivity contribution < 1.29 is 9.55 Å². The first-order valence-electron chi connectivity index (χ1n) is 4.64. The lowest BCUT2D eigenvalue weighted by molar-refractivity contribution is -0.441. The molecule has 0 unspecified atom stereocenters. The first-order chi connectivity index (χ1) is 5.96. The number of carbonyl (C=O) groups is 1. The van der Waals surface area contributed by atoms with Crippen molar-refractivity contribution in [2.45, 2.75) is 19.9 Å². The maximum Gasteiger partial charge on any atom is 0.449 e. The van der Waals surface area contributed by atoms with Gasteiger partial charge in [-0.05, 0) is 23.8 Å². The highest BCUT2D eigenvalue weighted by Crippen LogP contribution is 2.62. The van der Waals surface area contributed by atoms with Crippen LogP contribution >= 0.6 is 0 Å². The van der Waals surface area contributed by atoms with Crippen LogP contribution in [0.5, 0.6) is 0 Å². The van der Waals surface area contributed by atoms with E-state index in [4.69, 9.17) is 0 Å². The van der Waals surface area contributed by atoms with E-state index in [1.165, 1.54) is 7.05 Å². The van der Waals surface area contributed by atoms with Crippen LogP contribution in [0, 0.1) is 22.2 Å². The Bertz CT molecular complexity index is 285. The molecule has 2 fully saturated rings. The highest BCUT2D eigenvalue weighted by molar-refractivity contribution is 5.75. The van der Waals surface area contributed by atoms with E-state index in [9.17, 15) is 9.70 Å². The summed E-state index contributed by atoms with van der Waals surface area (Å²) in [6.07, 6.45) is 0. The molecule has 4 heteroatoms. The van der Waals surface area contributed by atoms with E-state index in [0.29, 0.717) is 16.6 Å². The number of piperidine rings is 1. The minimum Gasteiger partial charge on any atom is -0.301 e. The molecule has 1 heterocycles. The largest absolute Gasteiger partial charge is 0.449 e. The molecule has 13 heavy (non-hydrogen) atoms. The molecule has 1 aliphatic carbocycles. The molecule has 72 valence electrons. The van der Waals surface area contributed by atoms with Gasteiger partial charge in [0.15, 0.2) is 7.05 Å². The van der Waals surface area contributed by atoms with Crippen LogP contribution in [0.1, 0.15) is 13.8 Å². The maximum absolute atomic E-state index is 11.4.